The molecule has 0 amide bonds. The summed E-state index contributed by atoms with van der Waals surface area (Å²) in [6.45, 7) is 11.3. The summed E-state index contributed by atoms with van der Waals surface area (Å²) in [4.78, 5) is 9.52. The van der Waals surface area contributed by atoms with E-state index in [1.54, 1.807) is 0 Å². The van der Waals surface area contributed by atoms with Crippen molar-refractivity contribution in [1.29, 1.82) is 0 Å². The van der Waals surface area contributed by atoms with Crippen LogP contribution >= 0.6 is 0 Å². The van der Waals surface area contributed by atoms with Crippen LogP contribution in [0, 0.1) is 27.7 Å². The van der Waals surface area contributed by atoms with Crippen LogP contribution in [0.2, 0.25) is 0 Å². The molecule has 1 aliphatic rings. The van der Waals surface area contributed by atoms with Crippen molar-refractivity contribution >= 4 is 5.82 Å². The normalized spacial score (nSPS) is 14.5. The maximum atomic E-state index is 4.81. The Balaban J connectivity index is 2.17. The molecule has 3 rings (SSSR count). The van der Waals surface area contributed by atoms with Gasteiger partial charge in [-0.15, -0.1) is 0 Å². The Bertz CT molecular complexity index is 682. The molecule has 0 atom stereocenters. The van der Waals surface area contributed by atoms with Gasteiger partial charge in [-0.25, -0.2) is 14.6 Å². The van der Waals surface area contributed by atoms with Crippen molar-refractivity contribution < 1.29 is 0 Å². The number of anilines is 1. The van der Waals surface area contributed by atoms with Crippen molar-refractivity contribution in [2.45, 2.75) is 53.4 Å². The first-order chi connectivity index (χ1) is 10.0. The molecule has 2 aromatic rings. The molecule has 5 nitrogen and oxygen atoms in total. The fraction of sp³-hybridized carbons (Fsp3) is 0.562. The summed E-state index contributed by atoms with van der Waals surface area (Å²) < 4.78 is 1.97. The molecule has 2 heterocycles. The first-order valence-electron chi connectivity index (χ1n) is 7.68. The number of aromatic nitrogens is 4. The molecule has 0 radical (unpaired) electrons. The number of nitrogens with zero attached hydrogens (tertiary/aromatic N) is 4. The van der Waals surface area contributed by atoms with E-state index in [4.69, 9.17) is 9.97 Å². The molecule has 2 aromatic heterocycles. The van der Waals surface area contributed by atoms with E-state index in [0.717, 1.165) is 41.0 Å². The molecule has 0 aliphatic heterocycles. The molecular weight excluding hydrogens is 262 g/mol. The van der Waals surface area contributed by atoms with Gasteiger partial charge in [0.15, 0.2) is 5.82 Å². The second-order valence-corrected chi connectivity index (χ2v) is 5.89. The van der Waals surface area contributed by atoms with E-state index in [1.807, 2.05) is 11.6 Å². The van der Waals surface area contributed by atoms with Crippen molar-refractivity contribution in [3.8, 4) is 5.82 Å². The third kappa shape index (κ3) is 2.41. The molecule has 0 unspecified atom stereocenters. The lowest BCUT2D eigenvalue weighted by Gasteiger charge is -2.14. The van der Waals surface area contributed by atoms with Crippen LogP contribution < -0.4 is 5.32 Å². The summed E-state index contributed by atoms with van der Waals surface area (Å²) in [6.07, 6.45) is 2.40. The summed E-state index contributed by atoms with van der Waals surface area (Å²) in [5.41, 5.74) is 4.50. The molecule has 1 aliphatic carbocycles. The average molecular weight is 285 g/mol. The first-order valence-corrected chi connectivity index (χ1v) is 7.68. The summed E-state index contributed by atoms with van der Waals surface area (Å²) in [5.74, 6) is 3.34. The van der Waals surface area contributed by atoms with Gasteiger partial charge in [-0.1, -0.05) is 0 Å². The van der Waals surface area contributed by atoms with E-state index in [2.05, 4.69) is 38.1 Å². The van der Waals surface area contributed by atoms with Gasteiger partial charge < -0.3 is 5.32 Å². The molecule has 1 fully saturated rings. The molecule has 112 valence electrons. The highest BCUT2D eigenvalue weighted by atomic mass is 15.3. The number of hydrogen-bond donors (Lipinski definition) is 1. The average Bonchev–Trinajstić information content (AvgIpc) is 3.26. The largest absolute Gasteiger partial charge is 0.370 e. The van der Waals surface area contributed by atoms with Gasteiger partial charge in [0.05, 0.1) is 5.69 Å². The Morgan fingerprint density at radius 1 is 1.10 bits per heavy atom. The highest BCUT2D eigenvalue weighted by Gasteiger charge is 2.29. The van der Waals surface area contributed by atoms with Crippen LogP contribution in [0.5, 0.6) is 0 Å². The van der Waals surface area contributed by atoms with Gasteiger partial charge in [0, 0.05) is 23.7 Å². The monoisotopic (exact) mass is 285 g/mol. The lowest BCUT2D eigenvalue weighted by molar-refractivity contribution is 0.772. The van der Waals surface area contributed by atoms with Crippen LogP contribution in [0.15, 0.2) is 0 Å². The lowest BCUT2D eigenvalue weighted by Crippen LogP contribution is -2.12. The summed E-state index contributed by atoms with van der Waals surface area (Å²) in [7, 11) is 0. The first kappa shape index (κ1) is 14.0. The predicted octanol–water partition coefficient (Wildman–Crippen LogP) is 3.21. The lowest BCUT2D eigenvalue weighted by atomic mass is 10.2. The topological polar surface area (TPSA) is 55.6 Å². The Kier molecular flexibility index (Phi) is 3.43. The van der Waals surface area contributed by atoms with Crippen molar-refractivity contribution in [3.05, 3.63) is 28.3 Å². The minimum absolute atomic E-state index is 0.528. The van der Waals surface area contributed by atoms with Crippen LogP contribution in [-0.2, 0) is 0 Å². The molecule has 1 saturated carbocycles. The second kappa shape index (κ2) is 5.13. The fourth-order valence-corrected chi connectivity index (χ4v) is 2.52. The standard InChI is InChI=1S/C16H23N5/c1-6-17-14-10(3)16(19-15(18-14)13-7-8-13)21-12(5)9(2)11(4)20-21/h13H,6-8H2,1-5H3,(H,17,18,19). The molecule has 0 aromatic carbocycles. The van der Waals surface area contributed by atoms with E-state index in [-0.39, 0.29) is 0 Å². The number of rotatable bonds is 4. The van der Waals surface area contributed by atoms with Crippen LogP contribution in [0.4, 0.5) is 5.82 Å². The molecular formula is C16H23N5. The number of nitrogens with one attached hydrogen (secondary N) is 1. The maximum Gasteiger partial charge on any atom is 0.162 e. The van der Waals surface area contributed by atoms with E-state index in [1.165, 1.54) is 18.4 Å². The SMILES string of the molecule is CCNc1nc(C2CC2)nc(-n2nc(C)c(C)c2C)c1C. The van der Waals surface area contributed by atoms with Crippen molar-refractivity contribution in [1.82, 2.24) is 19.7 Å². The molecule has 21 heavy (non-hydrogen) atoms. The Morgan fingerprint density at radius 3 is 2.33 bits per heavy atom. The molecule has 0 spiro atoms. The molecule has 1 N–H and O–H groups in total. The smallest absolute Gasteiger partial charge is 0.162 e. The van der Waals surface area contributed by atoms with Crippen molar-refractivity contribution in [3.63, 3.8) is 0 Å². The zero-order chi connectivity index (χ0) is 15.1. The van der Waals surface area contributed by atoms with Gasteiger partial charge in [-0.3, -0.25) is 0 Å². The van der Waals surface area contributed by atoms with E-state index < -0.39 is 0 Å². The highest BCUT2D eigenvalue weighted by Crippen LogP contribution is 2.39. The van der Waals surface area contributed by atoms with E-state index in [9.17, 15) is 0 Å². The zero-order valence-electron chi connectivity index (χ0n) is 13.5. The van der Waals surface area contributed by atoms with Gasteiger partial charge in [0.1, 0.15) is 11.6 Å². The minimum Gasteiger partial charge on any atom is -0.370 e. The minimum atomic E-state index is 0.528. The van der Waals surface area contributed by atoms with Gasteiger partial charge in [-0.05, 0) is 53.0 Å². The van der Waals surface area contributed by atoms with Gasteiger partial charge in [0.25, 0.3) is 0 Å². The summed E-state index contributed by atoms with van der Waals surface area (Å²) in [5, 5.41) is 8.02. The van der Waals surface area contributed by atoms with Gasteiger partial charge in [0.2, 0.25) is 0 Å². The molecule has 0 saturated heterocycles. The third-order valence-electron chi connectivity index (χ3n) is 4.28. The summed E-state index contributed by atoms with van der Waals surface area (Å²) >= 11 is 0. The highest BCUT2D eigenvalue weighted by molar-refractivity contribution is 5.52. The zero-order valence-corrected chi connectivity index (χ0v) is 13.5. The quantitative estimate of drug-likeness (QED) is 0.937. The maximum absolute atomic E-state index is 4.81. The van der Waals surface area contributed by atoms with Crippen LogP contribution in [0.25, 0.3) is 5.82 Å². The van der Waals surface area contributed by atoms with Crippen molar-refractivity contribution in [2.75, 3.05) is 11.9 Å². The Hall–Kier alpha value is -1.91. The fourth-order valence-electron chi connectivity index (χ4n) is 2.52. The predicted molar refractivity (Wildman–Crippen MR) is 84.2 cm³/mol. The van der Waals surface area contributed by atoms with Gasteiger partial charge in [-0.2, -0.15) is 5.10 Å². The van der Waals surface area contributed by atoms with Crippen LogP contribution in [0.1, 0.15) is 54.0 Å². The molecule has 5 heteroatoms. The summed E-state index contributed by atoms with van der Waals surface area (Å²) in [6, 6.07) is 0. The third-order valence-corrected chi connectivity index (χ3v) is 4.28. The Labute approximate surface area is 125 Å². The van der Waals surface area contributed by atoms with E-state index >= 15 is 0 Å². The number of aryl methyl sites for hydroxylation is 1. The number of hydrogen-bond acceptors (Lipinski definition) is 4. The Morgan fingerprint density at radius 2 is 1.81 bits per heavy atom. The van der Waals surface area contributed by atoms with Crippen molar-refractivity contribution in [2.24, 2.45) is 0 Å². The second-order valence-electron chi connectivity index (χ2n) is 5.89. The van der Waals surface area contributed by atoms with Crippen LogP contribution in [0.3, 0.4) is 0 Å². The van der Waals surface area contributed by atoms with Crippen LogP contribution in [-0.4, -0.2) is 26.3 Å². The van der Waals surface area contributed by atoms with E-state index in [0.29, 0.717) is 5.92 Å². The van der Waals surface area contributed by atoms with Gasteiger partial charge >= 0.3 is 0 Å². The molecule has 0 bridgehead atoms.